The van der Waals surface area contributed by atoms with E-state index in [0.717, 1.165) is 20.3 Å². The molecule has 1 aromatic carbocycles. The molecular formula is C15H9BrN2O2S. The molecule has 1 N–H and O–H groups in total. The molecule has 0 unspecified atom stereocenters. The third-order valence-corrected chi connectivity index (χ3v) is 4.25. The molecule has 3 rings (SSSR count). The van der Waals surface area contributed by atoms with E-state index in [9.17, 15) is 9.90 Å². The van der Waals surface area contributed by atoms with Crippen LogP contribution in [-0.4, -0.2) is 21.0 Å². The number of carbonyl (C=O) groups is 1. The summed E-state index contributed by atoms with van der Waals surface area (Å²) in [6, 6.07) is 12.9. The molecule has 0 fully saturated rings. The van der Waals surface area contributed by atoms with E-state index in [0.29, 0.717) is 5.03 Å². The average molecular weight is 361 g/mol. The molecule has 0 amide bonds. The van der Waals surface area contributed by atoms with E-state index < -0.39 is 5.97 Å². The first-order chi connectivity index (χ1) is 10.1. The highest BCUT2D eigenvalue weighted by Gasteiger charge is 2.12. The maximum atomic E-state index is 11.2. The van der Waals surface area contributed by atoms with Gasteiger partial charge in [-0.3, -0.25) is 0 Å². The van der Waals surface area contributed by atoms with Gasteiger partial charge in [-0.1, -0.05) is 24.3 Å². The Morgan fingerprint density at radius 2 is 2.00 bits per heavy atom. The molecule has 0 aliphatic heterocycles. The Bertz CT molecular complexity index is 822. The Morgan fingerprint density at radius 1 is 1.19 bits per heavy atom. The van der Waals surface area contributed by atoms with E-state index in [4.69, 9.17) is 0 Å². The van der Waals surface area contributed by atoms with Gasteiger partial charge in [-0.2, -0.15) is 0 Å². The quantitative estimate of drug-likeness (QED) is 0.756. The van der Waals surface area contributed by atoms with E-state index in [1.807, 2.05) is 36.4 Å². The van der Waals surface area contributed by atoms with E-state index in [2.05, 4.69) is 25.9 Å². The highest BCUT2D eigenvalue weighted by molar-refractivity contribution is 9.10. The van der Waals surface area contributed by atoms with Crippen LogP contribution in [0.1, 0.15) is 10.5 Å². The van der Waals surface area contributed by atoms with Gasteiger partial charge in [0.05, 0.1) is 0 Å². The van der Waals surface area contributed by atoms with Gasteiger partial charge in [0.15, 0.2) is 0 Å². The maximum absolute atomic E-state index is 11.2. The molecule has 0 radical (unpaired) electrons. The number of aromatic carboxylic acids is 1. The number of pyridine rings is 2. The summed E-state index contributed by atoms with van der Waals surface area (Å²) in [7, 11) is 0. The van der Waals surface area contributed by atoms with Crippen LogP contribution in [0.4, 0.5) is 0 Å². The Labute approximate surface area is 133 Å². The summed E-state index contributed by atoms with van der Waals surface area (Å²) < 4.78 is 0.893. The molecule has 0 spiro atoms. The highest BCUT2D eigenvalue weighted by Crippen LogP contribution is 2.31. The summed E-state index contributed by atoms with van der Waals surface area (Å²) >= 11 is 4.69. The van der Waals surface area contributed by atoms with Crippen molar-refractivity contribution in [2.24, 2.45) is 0 Å². The van der Waals surface area contributed by atoms with Crippen LogP contribution < -0.4 is 0 Å². The van der Waals surface area contributed by atoms with Gasteiger partial charge in [0.1, 0.15) is 15.7 Å². The minimum absolute atomic E-state index is 0.0355. The number of carboxylic acid groups (broad SMARTS) is 1. The monoisotopic (exact) mass is 360 g/mol. The topological polar surface area (TPSA) is 63.1 Å². The van der Waals surface area contributed by atoms with Crippen molar-refractivity contribution in [2.45, 2.75) is 10.1 Å². The minimum Gasteiger partial charge on any atom is -0.477 e. The lowest BCUT2D eigenvalue weighted by atomic mass is 10.1. The smallest absolute Gasteiger partial charge is 0.354 e. The third kappa shape index (κ3) is 3.06. The van der Waals surface area contributed by atoms with Crippen LogP contribution in [0.3, 0.4) is 0 Å². The van der Waals surface area contributed by atoms with Crippen molar-refractivity contribution < 1.29 is 9.90 Å². The fraction of sp³-hybridized carbons (Fsp3) is 0. The minimum atomic E-state index is -1.04. The second-order valence-electron chi connectivity index (χ2n) is 4.26. The second kappa shape index (κ2) is 5.83. The maximum Gasteiger partial charge on any atom is 0.354 e. The molecule has 0 bridgehead atoms. The van der Waals surface area contributed by atoms with Crippen molar-refractivity contribution in [3.05, 3.63) is 58.8 Å². The largest absolute Gasteiger partial charge is 0.477 e. The van der Waals surface area contributed by atoms with Gasteiger partial charge >= 0.3 is 5.97 Å². The number of hydrogen-bond donors (Lipinski definition) is 1. The number of halogens is 1. The van der Waals surface area contributed by atoms with E-state index in [1.54, 1.807) is 12.3 Å². The molecule has 21 heavy (non-hydrogen) atoms. The summed E-state index contributed by atoms with van der Waals surface area (Å²) in [6.45, 7) is 0. The molecule has 0 saturated carbocycles. The fourth-order valence-corrected chi connectivity index (χ4v) is 2.99. The molecule has 104 valence electrons. The molecular weight excluding hydrogens is 352 g/mol. The van der Waals surface area contributed by atoms with Crippen molar-refractivity contribution in [1.82, 2.24) is 9.97 Å². The van der Waals surface area contributed by atoms with Crippen molar-refractivity contribution in [3.8, 4) is 0 Å². The van der Waals surface area contributed by atoms with Gasteiger partial charge in [0.2, 0.25) is 0 Å². The molecule has 2 heterocycles. The van der Waals surface area contributed by atoms with Crippen molar-refractivity contribution in [3.63, 3.8) is 0 Å². The Morgan fingerprint density at radius 3 is 2.71 bits per heavy atom. The summed E-state index contributed by atoms with van der Waals surface area (Å²) in [5.41, 5.74) is 0.0355. The number of aromatic nitrogens is 2. The van der Waals surface area contributed by atoms with Crippen molar-refractivity contribution in [2.75, 3.05) is 0 Å². The number of nitrogens with zero attached hydrogens (tertiary/aromatic N) is 2. The van der Waals surface area contributed by atoms with Crippen molar-refractivity contribution in [1.29, 1.82) is 0 Å². The summed E-state index contributed by atoms with van der Waals surface area (Å²) in [5, 5.41) is 12.3. The van der Waals surface area contributed by atoms with Gasteiger partial charge in [0.25, 0.3) is 0 Å². The van der Waals surface area contributed by atoms with Crippen LogP contribution in [0.15, 0.2) is 63.2 Å². The second-order valence-corrected chi connectivity index (χ2v) is 6.18. The van der Waals surface area contributed by atoms with Gasteiger partial charge in [-0.15, -0.1) is 0 Å². The number of benzene rings is 1. The van der Waals surface area contributed by atoms with Crippen LogP contribution in [0.25, 0.3) is 10.8 Å². The van der Waals surface area contributed by atoms with E-state index in [1.165, 1.54) is 11.8 Å². The zero-order valence-corrected chi connectivity index (χ0v) is 13.1. The van der Waals surface area contributed by atoms with Crippen LogP contribution in [0.2, 0.25) is 0 Å². The zero-order chi connectivity index (χ0) is 14.8. The summed E-state index contributed by atoms with van der Waals surface area (Å²) in [6.07, 6.45) is 1.70. The van der Waals surface area contributed by atoms with E-state index >= 15 is 0 Å². The standard InChI is InChI=1S/C15H9BrN2O2S/c16-10-5-6-13(17-8-10)21-14-11-4-2-1-3-9(11)7-12(18-14)15(19)20/h1-8H,(H,19,20). The van der Waals surface area contributed by atoms with Gasteiger partial charge in [-0.05, 0) is 51.3 Å². The number of rotatable bonds is 3. The average Bonchev–Trinajstić information content (AvgIpc) is 2.49. The first-order valence-corrected chi connectivity index (χ1v) is 7.67. The van der Waals surface area contributed by atoms with Crippen LogP contribution in [0, 0.1) is 0 Å². The molecule has 3 aromatic rings. The van der Waals surface area contributed by atoms with Gasteiger partial charge in [0, 0.05) is 16.1 Å². The lowest BCUT2D eigenvalue weighted by Gasteiger charge is -2.07. The third-order valence-electron chi connectivity index (χ3n) is 2.83. The van der Waals surface area contributed by atoms with Crippen LogP contribution >= 0.6 is 27.7 Å². The summed E-state index contributed by atoms with van der Waals surface area (Å²) in [4.78, 5) is 19.7. The predicted molar refractivity (Wildman–Crippen MR) is 84.8 cm³/mol. The molecule has 0 saturated heterocycles. The van der Waals surface area contributed by atoms with Crippen LogP contribution in [-0.2, 0) is 0 Å². The van der Waals surface area contributed by atoms with Crippen LogP contribution in [0.5, 0.6) is 0 Å². The fourth-order valence-electron chi connectivity index (χ4n) is 1.88. The van der Waals surface area contributed by atoms with E-state index in [-0.39, 0.29) is 5.69 Å². The molecule has 0 aliphatic rings. The molecule has 2 aromatic heterocycles. The normalized spacial score (nSPS) is 10.7. The molecule has 0 atom stereocenters. The Balaban J connectivity index is 2.11. The van der Waals surface area contributed by atoms with Gasteiger partial charge in [-0.25, -0.2) is 14.8 Å². The number of carboxylic acids is 1. The lowest BCUT2D eigenvalue weighted by Crippen LogP contribution is -2.01. The molecule has 4 nitrogen and oxygen atoms in total. The Hall–Kier alpha value is -1.92. The Kier molecular flexibility index (Phi) is 3.90. The molecule has 6 heteroatoms. The SMILES string of the molecule is O=C(O)c1cc2ccccc2c(Sc2ccc(Br)cn2)n1. The lowest BCUT2D eigenvalue weighted by molar-refractivity contribution is 0.0690. The molecule has 0 aliphatic carbocycles. The zero-order valence-electron chi connectivity index (χ0n) is 10.7. The number of hydrogen-bond acceptors (Lipinski definition) is 4. The number of fused-ring (bicyclic) bond motifs is 1. The highest BCUT2D eigenvalue weighted by atomic mass is 79.9. The van der Waals surface area contributed by atoms with Crippen molar-refractivity contribution >= 4 is 44.4 Å². The first kappa shape index (κ1) is 14.0. The van der Waals surface area contributed by atoms with Gasteiger partial charge < -0.3 is 5.11 Å². The first-order valence-electron chi connectivity index (χ1n) is 6.06. The summed E-state index contributed by atoms with van der Waals surface area (Å²) in [5.74, 6) is -1.04. The predicted octanol–water partition coefficient (Wildman–Crippen LogP) is 4.24.